The summed E-state index contributed by atoms with van der Waals surface area (Å²) < 4.78 is 93.4. The molecular weight excluding hydrogens is 488 g/mol. The smallest absolute Gasteiger partial charge is 0.411 e. The number of rotatable bonds is 8. The van der Waals surface area contributed by atoms with Gasteiger partial charge in [0.05, 0.1) is 12.4 Å². The van der Waals surface area contributed by atoms with E-state index in [1.165, 1.54) is 13.0 Å². The molecule has 1 aromatic carbocycles. The first kappa shape index (κ1) is 26.0. The molecule has 3 atom stereocenters. The van der Waals surface area contributed by atoms with Crippen molar-refractivity contribution < 1.29 is 45.3 Å². The lowest BCUT2D eigenvalue weighted by molar-refractivity contribution is -0.206. The first-order chi connectivity index (χ1) is 16.5. The summed E-state index contributed by atoms with van der Waals surface area (Å²) in [6.45, 7) is -3.02. The zero-order chi connectivity index (χ0) is 25.8. The maximum atomic E-state index is 14.9. The van der Waals surface area contributed by atoms with Crippen molar-refractivity contribution in [2.75, 3.05) is 25.5 Å². The lowest BCUT2D eigenvalue weighted by Crippen LogP contribution is -2.54. The number of amidine groups is 1. The van der Waals surface area contributed by atoms with Gasteiger partial charge in [-0.15, -0.1) is 0 Å². The highest BCUT2D eigenvalue weighted by Gasteiger charge is 2.49. The summed E-state index contributed by atoms with van der Waals surface area (Å²) in [7, 11) is 0. The number of carbonyl (C=O) groups excluding carboxylic acids is 1. The van der Waals surface area contributed by atoms with Crippen LogP contribution in [0.25, 0.3) is 0 Å². The molecule has 0 aliphatic carbocycles. The van der Waals surface area contributed by atoms with E-state index < -0.39 is 61.8 Å². The van der Waals surface area contributed by atoms with Gasteiger partial charge in [0.1, 0.15) is 36.4 Å². The van der Waals surface area contributed by atoms with Crippen LogP contribution < -0.4 is 15.8 Å². The molecule has 0 unspecified atom stereocenters. The predicted molar refractivity (Wildman–Crippen MR) is 109 cm³/mol. The lowest BCUT2D eigenvalue weighted by atomic mass is 9.82. The number of carbonyl (C=O) groups is 1. The van der Waals surface area contributed by atoms with Crippen LogP contribution in [0.2, 0.25) is 0 Å². The number of aromatic nitrogens is 2. The van der Waals surface area contributed by atoms with E-state index in [0.29, 0.717) is 0 Å². The van der Waals surface area contributed by atoms with Gasteiger partial charge in [-0.25, -0.2) is 28.1 Å². The second-order valence-electron chi connectivity index (χ2n) is 7.40. The number of halogens is 6. The molecule has 190 valence electrons. The van der Waals surface area contributed by atoms with Crippen LogP contribution >= 0.6 is 0 Å². The second kappa shape index (κ2) is 10.3. The van der Waals surface area contributed by atoms with Gasteiger partial charge in [0.25, 0.3) is 11.9 Å². The Bertz CT molecular complexity index is 1080. The number of nitrogens with two attached hydrogens (primary N) is 1. The molecule has 2 heterocycles. The molecule has 1 aliphatic rings. The Balaban J connectivity index is 1.93. The van der Waals surface area contributed by atoms with E-state index in [1.807, 2.05) is 0 Å². The van der Waals surface area contributed by atoms with E-state index in [4.69, 9.17) is 15.2 Å². The SMILES string of the molecule is C[C@]1(c2cc(NC(=O)c3cnc(OCF)cn3)ccc2F)N=C(N)O[C@H](CF)[C@@H]1OCC(F)(F)F. The fourth-order valence-corrected chi connectivity index (χ4v) is 3.43. The van der Waals surface area contributed by atoms with E-state index in [9.17, 15) is 31.1 Å². The van der Waals surface area contributed by atoms with Crippen LogP contribution in [0.1, 0.15) is 23.0 Å². The second-order valence-corrected chi connectivity index (χ2v) is 7.40. The molecule has 1 aliphatic heterocycles. The molecule has 1 amide bonds. The third-order valence-corrected chi connectivity index (χ3v) is 4.92. The van der Waals surface area contributed by atoms with Crippen molar-refractivity contribution >= 4 is 17.6 Å². The van der Waals surface area contributed by atoms with E-state index >= 15 is 0 Å². The Labute approximate surface area is 194 Å². The minimum atomic E-state index is -4.77. The van der Waals surface area contributed by atoms with Gasteiger partial charge in [-0.1, -0.05) is 0 Å². The maximum Gasteiger partial charge on any atom is 0.411 e. The predicted octanol–water partition coefficient (Wildman–Crippen LogP) is 3.02. The number of hydrogen-bond acceptors (Lipinski definition) is 8. The van der Waals surface area contributed by atoms with Crippen molar-refractivity contribution in [3.63, 3.8) is 0 Å². The van der Waals surface area contributed by atoms with Gasteiger partial charge in [0.2, 0.25) is 12.7 Å². The number of nitrogens with zero attached hydrogens (tertiary/aromatic N) is 3. The van der Waals surface area contributed by atoms with Gasteiger partial charge in [0.15, 0.2) is 6.10 Å². The Hall–Kier alpha value is -3.62. The highest BCUT2D eigenvalue weighted by atomic mass is 19.4. The minimum Gasteiger partial charge on any atom is -0.456 e. The van der Waals surface area contributed by atoms with E-state index in [1.54, 1.807) is 0 Å². The van der Waals surface area contributed by atoms with Crippen LogP contribution in [0.5, 0.6) is 5.88 Å². The Morgan fingerprint density at radius 1 is 1.26 bits per heavy atom. The third kappa shape index (κ3) is 6.09. The monoisotopic (exact) mass is 507 g/mol. The highest BCUT2D eigenvalue weighted by Crippen LogP contribution is 2.40. The van der Waals surface area contributed by atoms with Crippen LogP contribution in [-0.2, 0) is 15.0 Å². The number of aliphatic imine (C=N–C) groups is 1. The van der Waals surface area contributed by atoms with Crippen molar-refractivity contribution in [2.45, 2.75) is 30.8 Å². The summed E-state index contributed by atoms with van der Waals surface area (Å²) in [6, 6.07) is 2.59. The average molecular weight is 507 g/mol. The molecule has 0 radical (unpaired) electrons. The fourth-order valence-electron chi connectivity index (χ4n) is 3.43. The van der Waals surface area contributed by atoms with Crippen molar-refractivity contribution in [1.82, 2.24) is 9.97 Å². The zero-order valence-electron chi connectivity index (χ0n) is 18.0. The number of alkyl halides is 5. The van der Waals surface area contributed by atoms with E-state index in [2.05, 4.69) is 25.0 Å². The lowest BCUT2D eigenvalue weighted by Gasteiger charge is -2.41. The molecule has 0 bridgehead atoms. The van der Waals surface area contributed by atoms with Gasteiger partial charge in [-0.05, 0) is 25.1 Å². The maximum absolute atomic E-state index is 14.9. The molecule has 3 rings (SSSR count). The van der Waals surface area contributed by atoms with Crippen LogP contribution in [0, 0.1) is 5.82 Å². The molecule has 35 heavy (non-hydrogen) atoms. The van der Waals surface area contributed by atoms with Crippen molar-refractivity contribution in [3.8, 4) is 5.88 Å². The number of nitrogens with one attached hydrogen (secondary N) is 1. The fraction of sp³-hybridized carbons (Fsp3) is 0.400. The third-order valence-electron chi connectivity index (χ3n) is 4.92. The summed E-state index contributed by atoms with van der Waals surface area (Å²) in [5, 5.41) is 2.41. The van der Waals surface area contributed by atoms with Gasteiger partial charge in [-0.3, -0.25) is 4.79 Å². The van der Waals surface area contributed by atoms with Crippen molar-refractivity contribution in [3.05, 3.63) is 47.7 Å². The van der Waals surface area contributed by atoms with Crippen LogP contribution in [-0.4, -0.2) is 60.4 Å². The van der Waals surface area contributed by atoms with Gasteiger partial charge < -0.3 is 25.3 Å². The van der Waals surface area contributed by atoms with E-state index in [-0.39, 0.29) is 22.8 Å². The quantitative estimate of drug-likeness (QED) is 0.527. The molecule has 0 saturated carbocycles. The van der Waals surface area contributed by atoms with Gasteiger partial charge >= 0.3 is 6.18 Å². The number of hydrogen-bond donors (Lipinski definition) is 2. The standard InChI is InChI=1S/C20H19F6N5O4/c1-19(16(33-8-20(24,25)26)14(5-21)35-18(27)31-19)11-4-10(2-3-12(11)23)30-17(32)13-6-29-15(7-28-13)34-9-22/h2-4,6-7,14,16H,5,8-9H2,1H3,(H2,27,31)(H,30,32)/t14-,16+,19-/m1/s1. The number of amides is 1. The largest absolute Gasteiger partial charge is 0.456 e. The molecule has 0 saturated heterocycles. The van der Waals surface area contributed by atoms with Gasteiger partial charge in [-0.2, -0.15) is 13.2 Å². The summed E-state index contributed by atoms with van der Waals surface area (Å²) in [5.74, 6) is -1.90. The summed E-state index contributed by atoms with van der Waals surface area (Å²) >= 11 is 0. The first-order valence-electron chi connectivity index (χ1n) is 9.85. The normalized spacial score (nSPS) is 22.2. The van der Waals surface area contributed by atoms with Crippen LogP contribution in [0.3, 0.4) is 0 Å². The molecule has 15 heteroatoms. The minimum absolute atomic E-state index is 0.00913. The van der Waals surface area contributed by atoms with Gasteiger partial charge in [0, 0.05) is 11.3 Å². The first-order valence-corrected chi connectivity index (χ1v) is 9.85. The highest BCUT2D eigenvalue weighted by molar-refractivity contribution is 6.02. The summed E-state index contributed by atoms with van der Waals surface area (Å²) in [4.78, 5) is 23.9. The zero-order valence-corrected chi connectivity index (χ0v) is 18.0. The Morgan fingerprint density at radius 3 is 2.60 bits per heavy atom. The summed E-state index contributed by atoms with van der Waals surface area (Å²) in [6.07, 6.45) is -6.10. The Morgan fingerprint density at radius 2 is 2.00 bits per heavy atom. The van der Waals surface area contributed by atoms with E-state index in [0.717, 1.165) is 24.5 Å². The van der Waals surface area contributed by atoms with Crippen molar-refractivity contribution in [1.29, 1.82) is 0 Å². The number of anilines is 1. The number of ether oxygens (including phenoxy) is 3. The molecule has 0 spiro atoms. The Kier molecular flexibility index (Phi) is 7.67. The average Bonchev–Trinajstić information content (AvgIpc) is 2.79. The van der Waals surface area contributed by atoms with Crippen LogP contribution in [0.4, 0.5) is 32.0 Å². The molecule has 0 fully saturated rings. The number of benzene rings is 1. The molecular formula is C20H19F6N5O4. The summed E-state index contributed by atoms with van der Waals surface area (Å²) in [5.41, 5.74) is 3.07. The molecule has 9 nitrogen and oxygen atoms in total. The van der Waals surface area contributed by atoms with Crippen LogP contribution in [0.15, 0.2) is 35.6 Å². The molecule has 1 aromatic heterocycles. The van der Waals surface area contributed by atoms with Crippen molar-refractivity contribution in [2.24, 2.45) is 10.7 Å². The molecule has 2 aromatic rings. The topological polar surface area (TPSA) is 121 Å². The molecule has 3 N–H and O–H groups in total.